The summed E-state index contributed by atoms with van der Waals surface area (Å²) in [4.78, 5) is 24.5. The second-order valence-electron chi connectivity index (χ2n) is 19.7. The summed E-state index contributed by atoms with van der Waals surface area (Å²) in [5, 5.41) is 9.65. The molecule has 418 valence electrons. The van der Waals surface area contributed by atoms with Crippen LogP contribution in [0.4, 0.5) is 0 Å². The Morgan fingerprint density at radius 1 is 0.324 bits per heavy atom. The van der Waals surface area contributed by atoms with Gasteiger partial charge in [0.1, 0.15) is 6.61 Å². The molecule has 0 heterocycles. The zero-order valence-corrected chi connectivity index (χ0v) is 47.8. The van der Waals surface area contributed by atoms with Gasteiger partial charge in [-0.1, -0.05) is 288 Å². The maximum absolute atomic E-state index is 12.3. The lowest BCUT2D eigenvalue weighted by atomic mass is 10.0. The SMILES string of the molecule is CC/C=C\C/C=C\C/C=C\C/C=C\C/C=C\C/C=C\C/C=C\C/C=C\C/C=C\C/C=C\C/C=C\C/C=C\CCCCC(=O)OC(CO)COC(=O)CCCCCCCCCCCCCCCCCCCCCCC. The van der Waals surface area contributed by atoms with Gasteiger partial charge in [0.2, 0.25) is 0 Å². The number of esters is 2. The summed E-state index contributed by atoms with van der Waals surface area (Å²) in [6, 6.07) is 0. The third-order valence-corrected chi connectivity index (χ3v) is 12.6. The van der Waals surface area contributed by atoms with E-state index < -0.39 is 6.10 Å². The van der Waals surface area contributed by atoms with E-state index in [-0.39, 0.29) is 25.2 Å². The van der Waals surface area contributed by atoms with E-state index in [1.165, 1.54) is 116 Å². The second-order valence-corrected chi connectivity index (χ2v) is 19.7. The van der Waals surface area contributed by atoms with Crippen molar-refractivity contribution >= 4 is 11.9 Å². The van der Waals surface area contributed by atoms with Crippen molar-refractivity contribution in [2.45, 2.75) is 264 Å². The molecule has 0 aromatic heterocycles. The van der Waals surface area contributed by atoms with Gasteiger partial charge in [0.25, 0.3) is 0 Å². The van der Waals surface area contributed by atoms with Crippen LogP contribution in [0.1, 0.15) is 258 Å². The molecule has 0 rings (SSSR count). The second kappa shape index (κ2) is 63.1. The number of allylic oxidation sites excluding steroid dienone is 24. The van der Waals surface area contributed by atoms with E-state index in [1.807, 2.05) is 0 Å². The Bertz CT molecular complexity index is 1580. The van der Waals surface area contributed by atoms with Gasteiger partial charge >= 0.3 is 11.9 Å². The quantitative estimate of drug-likeness (QED) is 0.0373. The lowest BCUT2D eigenvalue weighted by Gasteiger charge is -2.15. The van der Waals surface area contributed by atoms with Gasteiger partial charge in [0.05, 0.1) is 6.61 Å². The van der Waals surface area contributed by atoms with Gasteiger partial charge in [0.15, 0.2) is 6.10 Å². The maximum Gasteiger partial charge on any atom is 0.306 e. The molecule has 0 saturated carbocycles. The van der Waals surface area contributed by atoms with Crippen molar-refractivity contribution in [2.24, 2.45) is 0 Å². The number of carbonyl (C=O) groups excluding carboxylic acids is 2. The third kappa shape index (κ3) is 60.3. The van der Waals surface area contributed by atoms with E-state index >= 15 is 0 Å². The number of rotatable bonds is 54. The molecule has 0 spiro atoms. The van der Waals surface area contributed by atoms with Crippen molar-refractivity contribution in [1.82, 2.24) is 0 Å². The van der Waals surface area contributed by atoms with Crippen LogP contribution in [-0.4, -0.2) is 36.4 Å². The molecule has 0 aliphatic rings. The summed E-state index contributed by atoms with van der Waals surface area (Å²) in [7, 11) is 0. The van der Waals surface area contributed by atoms with Gasteiger partial charge in [0, 0.05) is 12.8 Å². The van der Waals surface area contributed by atoms with Crippen LogP contribution in [-0.2, 0) is 19.1 Å². The maximum atomic E-state index is 12.3. The minimum absolute atomic E-state index is 0.0893. The van der Waals surface area contributed by atoms with Crippen molar-refractivity contribution in [2.75, 3.05) is 13.2 Å². The predicted molar refractivity (Wildman–Crippen MR) is 324 cm³/mol. The van der Waals surface area contributed by atoms with Crippen LogP contribution >= 0.6 is 0 Å². The summed E-state index contributed by atoms with van der Waals surface area (Å²) in [6.07, 6.45) is 95.5. The van der Waals surface area contributed by atoms with E-state index in [2.05, 4.69) is 160 Å². The first-order chi connectivity index (χ1) is 36.6. The molecule has 0 bridgehead atoms. The number of ether oxygens (including phenoxy) is 2. The molecular weight excluding hydrogens is 909 g/mol. The lowest BCUT2D eigenvalue weighted by molar-refractivity contribution is -0.161. The summed E-state index contributed by atoms with van der Waals surface area (Å²) < 4.78 is 10.7. The molecule has 74 heavy (non-hydrogen) atoms. The van der Waals surface area contributed by atoms with Gasteiger partial charge in [-0.25, -0.2) is 0 Å². The molecule has 0 aliphatic heterocycles. The molecule has 0 aliphatic carbocycles. The highest BCUT2D eigenvalue weighted by Crippen LogP contribution is 2.16. The largest absolute Gasteiger partial charge is 0.462 e. The molecule has 0 aromatic rings. The molecule has 1 atom stereocenters. The first kappa shape index (κ1) is 69.8. The summed E-state index contributed by atoms with van der Waals surface area (Å²) in [6.45, 7) is 4.01. The average Bonchev–Trinajstić information content (AvgIpc) is 3.40. The normalized spacial score (nSPS) is 13.3. The van der Waals surface area contributed by atoms with Crippen molar-refractivity contribution in [3.8, 4) is 0 Å². The number of hydrogen-bond donors (Lipinski definition) is 1. The number of unbranched alkanes of at least 4 members (excludes halogenated alkanes) is 22. The first-order valence-electron chi connectivity index (χ1n) is 30.4. The van der Waals surface area contributed by atoms with Crippen molar-refractivity contribution in [1.29, 1.82) is 0 Å². The van der Waals surface area contributed by atoms with Gasteiger partial charge in [-0.2, -0.15) is 0 Å². The average molecular weight is 1020 g/mol. The predicted octanol–water partition coefficient (Wildman–Crippen LogP) is 21.0. The molecule has 0 radical (unpaired) electrons. The molecule has 1 unspecified atom stereocenters. The van der Waals surface area contributed by atoms with Crippen LogP contribution in [0, 0.1) is 0 Å². The lowest BCUT2D eigenvalue weighted by Crippen LogP contribution is -2.28. The van der Waals surface area contributed by atoms with Crippen LogP contribution < -0.4 is 0 Å². The van der Waals surface area contributed by atoms with Crippen molar-refractivity contribution in [3.63, 3.8) is 0 Å². The first-order valence-corrected chi connectivity index (χ1v) is 30.4. The number of hydrogen-bond acceptors (Lipinski definition) is 5. The summed E-state index contributed by atoms with van der Waals surface area (Å²) >= 11 is 0. The zero-order valence-electron chi connectivity index (χ0n) is 47.8. The molecule has 0 saturated heterocycles. The van der Waals surface area contributed by atoms with Crippen LogP contribution in [0.5, 0.6) is 0 Å². The fraction of sp³-hybridized carbons (Fsp3) is 0.623. The minimum atomic E-state index is -0.804. The van der Waals surface area contributed by atoms with Crippen molar-refractivity contribution in [3.05, 3.63) is 146 Å². The highest BCUT2D eigenvalue weighted by molar-refractivity contribution is 5.70. The third-order valence-electron chi connectivity index (χ3n) is 12.6. The molecule has 1 N–H and O–H groups in total. The van der Waals surface area contributed by atoms with E-state index in [0.29, 0.717) is 12.8 Å². The van der Waals surface area contributed by atoms with Crippen LogP contribution in [0.2, 0.25) is 0 Å². The Balaban J connectivity index is 3.66. The molecular formula is C69H112O5. The van der Waals surface area contributed by atoms with Gasteiger partial charge in [-0.15, -0.1) is 0 Å². The molecule has 5 nitrogen and oxygen atoms in total. The Labute approximate surface area is 457 Å². The summed E-state index contributed by atoms with van der Waals surface area (Å²) in [5.41, 5.74) is 0. The van der Waals surface area contributed by atoms with Gasteiger partial charge in [-0.3, -0.25) is 9.59 Å². The Morgan fingerprint density at radius 3 is 0.878 bits per heavy atom. The van der Waals surface area contributed by atoms with E-state index in [1.54, 1.807) is 0 Å². The number of aliphatic hydroxyl groups is 1. The highest BCUT2D eigenvalue weighted by Gasteiger charge is 2.16. The van der Waals surface area contributed by atoms with E-state index in [0.717, 1.165) is 116 Å². The van der Waals surface area contributed by atoms with E-state index in [4.69, 9.17) is 9.47 Å². The fourth-order valence-corrected chi connectivity index (χ4v) is 8.13. The molecule has 0 amide bonds. The standard InChI is InChI=1S/C69H112O5/c1-3-5-7-9-11-13-15-17-19-21-23-25-26-27-28-29-30-31-32-33-34-35-36-37-38-39-40-41-42-44-46-48-50-52-54-56-58-60-62-64-69(72)74-67(65-70)66-73-68(71)63-61-59-57-55-53-51-49-47-45-43-24-22-20-18-16-14-12-10-8-6-4-2/h5,7,11,13,17,19,23,25,27-28,30-31,33-34,36-37,39-40,42,44,48,50,54,56,67,70H,3-4,6,8-10,12,14-16,18,20-22,24,26,29,32,35,38,41,43,45-47,49,51-53,55,57-66H2,1-2H3/b7-5-,13-11-,19-17-,25-23-,28-27-,31-30-,34-33-,37-36-,40-39-,44-42-,50-48-,56-54-. The zero-order chi connectivity index (χ0) is 53.4. The van der Waals surface area contributed by atoms with Crippen LogP contribution in [0.3, 0.4) is 0 Å². The Hall–Kier alpha value is -4.22. The van der Waals surface area contributed by atoms with Gasteiger partial charge < -0.3 is 14.6 Å². The van der Waals surface area contributed by atoms with Crippen molar-refractivity contribution < 1.29 is 24.2 Å². The molecule has 0 fully saturated rings. The van der Waals surface area contributed by atoms with Gasteiger partial charge in [-0.05, 0) is 103 Å². The molecule has 5 heteroatoms. The number of aliphatic hydroxyl groups excluding tert-OH is 1. The highest BCUT2D eigenvalue weighted by atomic mass is 16.6. The minimum Gasteiger partial charge on any atom is -0.462 e. The van der Waals surface area contributed by atoms with Crippen LogP contribution in [0.25, 0.3) is 0 Å². The Morgan fingerprint density at radius 2 is 0.581 bits per heavy atom. The molecule has 0 aromatic carbocycles. The summed E-state index contributed by atoms with van der Waals surface area (Å²) in [5.74, 6) is -0.643. The number of carbonyl (C=O) groups is 2. The monoisotopic (exact) mass is 1020 g/mol. The van der Waals surface area contributed by atoms with Crippen LogP contribution in [0.15, 0.2) is 146 Å². The smallest absolute Gasteiger partial charge is 0.306 e. The Kier molecular flexibility index (Phi) is 59.5. The topological polar surface area (TPSA) is 72.8 Å². The fourth-order valence-electron chi connectivity index (χ4n) is 8.13. The van der Waals surface area contributed by atoms with E-state index in [9.17, 15) is 14.7 Å².